The van der Waals surface area contributed by atoms with E-state index in [9.17, 15) is 5.11 Å². The van der Waals surface area contributed by atoms with Gasteiger partial charge in [-0.15, -0.1) is 0 Å². The van der Waals surface area contributed by atoms with Crippen molar-refractivity contribution in [3.8, 4) is 0 Å². The first-order valence-corrected chi connectivity index (χ1v) is 6.76. The molecule has 3 saturated carbocycles. The zero-order chi connectivity index (χ0) is 11.7. The molecule has 1 N–H and O–H groups in total. The van der Waals surface area contributed by atoms with Crippen molar-refractivity contribution in [1.29, 1.82) is 0 Å². The van der Waals surface area contributed by atoms with Crippen LogP contribution in [0.2, 0.25) is 0 Å². The lowest BCUT2D eigenvalue weighted by atomic mass is 9.76. The summed E-state index contributed by atoms with van der Waals surface area (Å²) in [6.07, 6.45) is 4.51. The highest BCUT2D eigenvalue weighted by Crippen LogP contribution is 2.70. The Morgan fingerprint density at radius 2 is 1.88 bits per heavy atom. The monoisotopic (exact) mass is 220 g/mol. The van der Waals surface area contributed by atoms with E-state index in [1.807, 2.05) is 0 Å². The third kappa shape index (κ3) is 1.21. The fraction of sp³-hybridized carbons (Fsp3) is 0.867. The van der Waals surface area contributed by atoms with E-state index in [1.54, 1.807) is 0 Å². The van der Waals surface area contributed by atoms with E-state index in [2.05, 4.69) is 27.4 Å². The Bertz CT molecular complexity index is 339. The first-order valence-electron chi connectivity index (χ1n) is 6.76. The van der Waals surface area contributed by atoms with Gasteiger partial charge >= 0.3 is 0 Å². The summed E-state index contributed by atoms with van der Waals surface area (Å²) in [7, 11) is 0. The van der Waals surface area contributed by atoms with Crippen molar-refractivity contribution >= 4 is 0 Å². The predicted molar refractivity (Wildman–Crippen MR) is 66.0 cm³/mol. The molecule has 0 aromatic heterocycles. The normalized spacial score (nSPS) is 54.1. The first-order chi connectivity index (χ1) is 7.36. The third-order valence-corrected chi connectivity index (χ3v) is 5.97. The summed E-state index contributed by atoms with van der Waals surface area (Å²) in [5.74, 6) is 2.74. The summed E-state index contributed by atoms with van der Waals surface area (Å²) < 4.78 is 0. The highest BCUT2D eigenvalue weighted by Gasteiger charge is 2.66. The van der Waals surface area contributed by atoms with Gasteiger partial charge in [-0.05, 0) is 61.7 Å². The highest BCUT2D eigenvalue weighted by molar-refractivity contribution is 5.24. The Morgan fingerprint density at radius 1 is 1.19 bits per heavy atom. The molecule has 0 heterocycles. The van der Waals surface area contributed by atoms with Crippen molar-refractivity contribution in [2.45, 2.75) is 52.1 Å². The second-order valence-corrected chi connectivity index (χ2v) is 7.18. The number of rotatable bonds is 0. The lowest BCUT2D eigenvalue weighted by Crippen LogP contribution is -2.37. The average Bonchev–Trinajstić information content (AvgIpc) is 2.51. The number of allylic oxidation sites excluding steroid dienone is 1. The van der Waals surface area contributed by atoms with Gasteiger partial charge < -0.3 is 5.11 Å². The Labute approximate surface area is 98.9 Å². The number of hydrogen-bond donors (Lipinski definition) is 1. The molecule has 3 fully saturated rings. The lowest BCUT2D eigenvalue weighted by molar-refractivity contribution is -0.0229. The van der Waals surface area contributed by atoms with Gasteiger partial charge in [-0.1, -0.05) is 26.0 Å². The Balaban J connectivity index is 1.97. The van der Waals surface area contributed by atoms with Crippen molar-refractivity contribution < 1.29 is 5.11 Å². The highest BCUT2D eigenvalue weighted by atomic mass is 16.3. The van der Waals surface area contributed by atoms with Crippen LogP contribution in [0, 0.1) is 29.1 Å². The van der Waals surface area contributed by atoms with Gasteiger partial charge in [0.05, 0.1) is 5.60 Å². The number of aliphatic hydroxyl groups is 1. The van der Waals surface area contributed by atoms with Crippen LogP contribution in [-0.2, 0) is 0 Å². The molecule has 3 rings (SSSR count). The molecule has 0 spiro atoms. The van der Waals surface area contributed by atoms with Crippen LogP contribution in [0.15, 0.2) is 12.2 Å². The van der Waals surface area contributed by atoms with Gasteiger partial charge in [-0.3, -0.25) is 0 Å². The minimum atomic E-state index is -0.437. The molecule has 0 aromatic rings. The molecular formula is C15H24O. The standard InChI is InChI=1S/C15H24O/c1-9-5-6-10-12(9)13-11(14(13,2)3)7-8-15(10,4)16/h10-13,16H,1,5-8H2,2-4H3/t10-,11-,12-,13-,15+/m1/s1. The van der Waals surface area contributed by atoms with E-state index in [-0.39, 0.29) is 0 Å². The van der Waals surface area contributed by atoms with Gasteiger partial charge in [0.25, 0.3) is 0 Å². The third-order valence-electron chi connectivity index (χ3n) is 5.97. The molecule has 0 bridgehead atoms. The molecule has 3 aliphatic rings. The van der Waals surface area contributed by atoms with E-state index in [4.69, 9.17) is 0 Å². The molecule has 90 valence electrons. The molecule has 0 aliphatic heterocycles. The minimum absolute atomic E-state index is 0.437. The van der Waals surface area contributed by atoms with Gasteiger partial charge in [-0.25, -0.2) is 0 Å². The van der Waals surface area contributed by atoms with E-state index in [0.29, 0.717) is 17.3 Å². The summed E-state index contributed by atoms with van der Waals surface area (Å²) in [5.41, 5.74) is 1.49. The molecule has 1 nitrogen and oxygen atoms in total. The lowest BCUT2D eigenvalue weighted by Gasteiger charge is -2.34. The van der Waals surface area contributed by atoms with E-state index in [0.717, 1.165) is 31.1 Å². The molecule has 3 aliphatic carbocycles. The van der Waals surface area contributed by atoms with Gasteiger partial charge in [0.15, 0.2) is 0 Å². The molecule has 0 unspecified atom stereocenters. The van der Waals surface area contributed by atoms with E-state index < -0.39 is 5.60 Å². The fourth-order valence-corrected chi connectivity index (χ4v) is 4.86. The van der Waals surface area contributed by atoms with Crippen molar-refractivity contribution in [1.82, 2.24) is 0 Å². The zero-order valence-electron chi connectivity index (χ0n) is 10.8. The minimum Gasteiger partial charge on any atom is -0.390 e. The van der Waals surface area contributed by atoms with Gasteiger partial charge in [0.2, 0.25) is 0 Å². The predicted octanol–water partition coefficient (Wildman–Crippen LogP) is 3.39. The maximum Gasteiger partial charge on any atom is 0.0653 e. The molecular weight excluding hydrogens is 196 g/mol. The second kappa shape index (κ2) is 2.93. The van der Waals surface area contributed by atoms with E-state index >= 15 is 0 Å². The smallest absolute Gasteiger partial charge is 0.0653 e. The largest absolute Gasteiger partial charge is 0.390 e. The molecule has 0 amide bonds. The Morgan fingerprint density at radius 3 is 2.56 bits per heavy atom. The SMILES string of the molecule is C=C1CC[C@@H]2[C@@H]1[C@H]1[C@@H](CC[C@]2(C)O)C1(C)C. The van der Waals surface area contributed by atoms with Crippen molar-refractivity contribution in [2.24, 2.45) is 29.1 Å². The maximum atomic E-state index is 10.6. The summed E-state index contributed by atoms with van der Waals surface area (Å²) >= 11 is 0. The van der Waals surface area contributed by atoms with Crippen molar-refractivity contribution in [3.63, 3.8) is 0 Å². The summed E-state index contributed by atoms with van der Waals surface area (Å²) in [6.45, 7) is 11.1. The van der Waals surface area contributed by atoms with Crippen LogP contribution < -0.4 is 0 Å². The van der Waals surface area contributed by atoms with Gasteiger partial charge in [0.1, 0.15) is 0 Å². The van der Waals surface area contributed by atoms with Crippen molar-refractivity contribution in [2.75, 3.05) is 0 Å². The molecule has 0 saturated heterocycles. The first kappa shape index (κ1) is 10.8. The van der Waals surface area contributed by atoms with Gasteiger partial charge in [0, 0.05) is 0 Å². The molecule has 1 heteroatoms. The van der Waals surface area contributed by atoms with Crippen LogP contribution >= 0.6 is 0 Å². The van der Waals surface area contributed by atoms with Crippen molar-refractivity contribution in [3.05, 3.63) is 12.2 Å². The van der Waals surface area contributed by atoms with Crippen LogP contribution in [0.4, 0.5) is 0 Å². The second-order valence-electron chi connectivity index (χ2n) is 7.18. The summed E-state index contributed by atoms with van der Waals surface area (Å²) in [4.78, 5) is 0. The quantitative estimate of drug-likeness (QED) is 0.620. The van der Waals surface area contributed by atoms with Crippen LogP contribution in [0.25, 0.3) is 0 Å². The number of fused-ring (bicyclic) bond motifs is 3. The van der Waals surface area contributed by atoms with Crippen LogP contribution in [0.5, 0.6) is 0 Å². The molecule has 0 radical (unpaired) electrons. The molecule has 0 aromatic carbocycles. The van der Waals surface area contributed by atoms with Crippen LogP contribution in [0.3, 0.4) is 0 Å². The molecule has 16 heavy (non-hydrogen) atoms. The zero-order valence-corrected chi connectivity index (χ0v) is 10.8. The maximum absolute atomic E-state index is 10.6. The summed E-state index contributed by atoms with van der Waals surface area (Å²) in [5, 5.41) is 10.6. The van der Waals surface area contributed by atoms with Gasteiger partial charge in [-0.2, -0.15) is 0 Å². The Hall–Kier alpha value is -0.300. The van der Waals surface area contributed by atoms with E-state index in [1.165, 1.54) is 12.0 Å². The average molecular weight is 220 g/mol. The topological polar surface area (TPSA) is 20.2 Å². The number of hydrogen-bond acceptors (Lipinski definition) is 1. The summed E-state index contributed by atoms with van der Waals surface area (Å²) in [6, 6.07) is 0. The van der Waals surface area contributed by atoms with Crippen LogP contribution in [0.1, 0.15) is 46.5 Å². The van der Waals surface area contributed by atoms with Crippen LogP contribution in [-0.4, -0.2) is 10.7 Å². The molecule has 5 atom stereocenters. The Kier molecular flexibility index (Phi) is 1.98. The fourth-order valence-electron chi connectivity index (χ4n) is 4.86.